The first-order valence-corrected chi connectivity index (χ1v) is 11.6. The third-order valence-electron chi connectivity index (χ3n) is 5.78. The molecular weight excluding hydrogens is 490 g/mol. The molecule has 1 amide bonds. The Morgan fingerprint density at radius 3 is 2.73 bits per heavy atom. The molecule has 1 fully saturated rings. The zero-order valence-corrected chi connectivity index (χ0v) is 19.9. The molecule has 12 heteroatoms. The lowest BCUT2D eigenvalue weighted by Gasteiger charge is -2.28. The normalized spacial score (nSPS) is 15.9. The Labute approximate surface area is 210 Å². The van der Waals surface area contributed by atoms with E-state index in [0.717, 1.165) is 11.1 Å². The number of benzene rings is 1. The molecule has 5 rings (SSSR count). The number of halogens is 2. The summed E-state index contributed by atoms with van der Waals surface area (Å²) in [4.78, 5) is 23.9. The van der Waals surface area contributed by atoms with Gasteiger partial charge in [0.25, 0.3) is 5.91 Å². The topological polar surface area (TPSA) is 115 Å². The van der Waals surface area contributed by atoms with Crippen molar-refractivity contribution in [2.45, 2.75) is 13.2 Å². The number of carbonyl (C=O) groups is 1. The van der Waals surface area contributed by atoms with E-state index in [1.54, 1.807) is 12.1 Å². The number of aliphatic hydroxyl groups excluding tert-OH is 1. The van der Waals surface area contributed by atoms with Crippen molar-refractivity contribution in [3.05, 3.63) is 53.9 Å². The number of aryl methyl sites for hydroxylation is 1. The van der Waals surface area contributed by atoms with Crippen molar-refractivity contribution in [1.29, 1.82) is 0 Å². The van der Waals surface area contributed by atoms with Crippen LogP contribution in [0, 0.1) is 6.92 Å². The van der Waals surface area contributed by atoms with Gasteiger partial charge in [0.2, 0.25) is 5.88 Å². The first-order valence-electron chi connectivity index (χ1n) is 11.6. The van der Waals surface area contributed by atoms with E-state index in [9.17, 15) is 18.7 Å². The third kappa shape index (κ3) is 5.54. The standard InChI is InChI=1S/C25H24F2N4O6/c1-15-19(17-11-22(31-4-7-34-8-5-31)30-23(12-17)35-9-6-32)13-18(14-28-15)29-24(33)16-2-3-20-21(10-16)37-25(26,27)36-20/h2-3,10-14,32H,4-9H2,1H3,(H,29,33). The smallest absolute Gasteiger partial charge is 0.475 e. The maximum absolute atomic E-state index is 13.3. The van der Waals surface area contributed by atoms with Crippen LogP contribution in [0.2, 0.25) is 0 Å². The Bertz CT molecular complexity index is 1320. The van der Waals surface area contributed by atoms with Crippen molar-refractivity contribution < 1.29 is 37.6 Å². The average Bonchev–Trinajstić information content (AvgIpc) is 3.21. The average molecular weight is 514 g/mol. The molecular formula is C25H24F2N4O6. The third-order valence-corrected chi connectivity index (χ3v) is 5.78. The second-order valence-corrected chi connectivity index (χ2v) is 8.36. The molecule has 37 heavy (non-hydrogen) atoms. The molecule has 0 saturated carbocycles. The van der Waals surface area contributed by atoms with Gasteiger partial charge in [-0.15, -0.1) is 8.78 Å². The summed E-state index contributed by atoms with van der Waals surface area (Å²) in [5, 5.41) is 11.9. The van der Waals surface area contributed by atoms with Gasteiger partial charge in [-0.1, -0.05) is 0 Å². The number of nitrogens with one attached hydrogen (secondary N) is 1. The fourth-order valence-electron chi connectivity index (χ4n) is 4.01. The second-order valence-electron chi connectivity index (χ2n) is 8.36. The highest BCUT2D eigenvalue weighted by atomic mass is 19.3. The van der Waals surface area contributed by atoms with Gasteiger partial charge in [-0.2, -0.15) is 4.98 Å². The van der Waals surface area contributed by atoms with Crippen LogP contribution in [-0.2, 0) is 4.74 Å². The SMILES string of the molecule is Cc1ncc(NC(=O)c2ccc3c(c2)OC(F)(F)O3)cc1-c1cc(OCCO)nc(N2CCOCC2)c1. The summed E-state index contributed by atoms with van der Waals surface area (Å²) >= 11 is 0. The molecule has 2 aliphatic heterocycles. The van der Waals surface area contributed by atoms with Gasteiger partial charge in [-0.3, -0.25) is 9.78 Å². The number of hydrogen-bond acceptors (Lipinski definition) is 9. The monoisotopic (exact) mass is 514 g/mol. The van der Waals surface area contributed by atoms with Crippen LogP contribution in [-0.4, -0.2) is 66.8 Å². The van der Waals surface area contributed by atoms with Crippen LogP contribution in [0.5, 0.6) is 17.4 Å². The van der Waals surface area contributed by atoms with Crippen LogP contribution >= 0.6 is 0 Å². The van der Waals surface area contributed by atoms with Gasteiger partial charge in [0, 0.05) is 36.0 Å². The predicted molar refractivity (Wildman–Crippen MR) is 128 cm³/mol. The first-order chi connectivity index (χ1) is 17.8. The quantitative estimate of drug-likeness (QED) is 0.490. The molecule has 0 bridgehead atoms. The molecule has 2 aliphatic rings. The molecule has 1 saturated heterocycles. The summed E-state index contributed by atoms with van der Waals surface area (Å²) in [6, 6.07) is 9.22. The van der Waals surface area contributed by atoms with Gasteiger partial charge in [0.05, 0.1) is 31.7 Å². The maximum atomic E-state index is 13.3. The number of anilines is 2. The van der Waals surface area contributed by atoms with Gasteiger partial charge in [0.1, 0.15) is 12.4 Å². The number of hydrogen-bond donors (Lipinski definition) is 2. The highest BCUT2D eigenvalue weighted by Crippen LogP contribution is 2.41. The Hall–Kier alpha value is -4.03. The van der Waals surface area contributed by atoms with Crippen LogP contribution in [0.4, 0.5) is 20.3 Å². The predicted octanol–water partition coefficient (Wildman–Crippen LogP) is 3.23. The first kappa shape index (κ1) is 24.7. The van der Waals surface area contributed by atoms with Crippen molar-refractivity contribution in [3.8, 4) is 28.5 Å². The molecule has 3 aromatic rings. The fourth-order valence-corrected chi connectivity index (χ4v) is 4.01. The van der Waals surface area contributed by atoms with Gasteiger partial charge < -0.3 is 34.3 Å². The van der Waals surface area contributed by atoms with Crippen molar-refractivity contribution >= 4 is 17.4 Å². The zero-order chi connectivity index (χ0) is 26.0. The number of rotatable bonds is 7. The van der Waals surface area contributed by atoms with E-state index >= 15 is 0 Å². The van der Waals surface area contributed by atoms with E-state index in [-0.39, 0.29) is 30.3 Å². The number of nitrogens with zero attached hydrogens (tertiary/aromatic N) is 3. The molecule has 1 aromatic carbocycles. The van der Waals surface area contributed by atoms with Crippen molar-refractivity contribution in [3.63, 3.8) is 0 Å². The molecule has 0 radical (unpaired) electrons. The van der Waals surface area contributed by atoms with Crippen molar-refractivity contribution in [1.82, 2.24) is 9.97 Å². The highest BCUT2D eigenvalue weighted by molar-refractivity contribution is 6.05. The Morgan fingerprint density at radius 2 is 1.95 bits per heavy atom. The van der Waals surface area contributed by atoms with E-state index in [1.165, 1.54) is 24.4 Å². The number of morpholine rings is 1. The van der Waals surface area contributed by atoms with Gasteiger partial charge in [-0.05, 0) is 42.8 Å². The number of ether oxygens (including phenoxy) is 4. The summed E-state index contributed by atoms with van der Waals surface area (Å²) in [6.45, 7) is 4.28. The number of alkyl halides is 2. The molecule has 194 valence electrons. The fraction of sp³-hybridized carbons (Fsp3) is 0.320. The van der Waals surface area contributed by atoms with E-state index in [2.05, 4.69) is 29.7 Å². The number of aromatic nitrogens is 2. The minimum Gasteiger partial charge on any atom is -0.475 e. The summed E-state index contributed by atoms with van der Waals surface area (Å²) in [5.41, 5.74) is 2.71. The summed E-state index contributed by atoms with van der Waals surface area (Å²) in [6.07, 6.45) is -2.26. The van der Waals surface area contributed by atoms with Gasteiger partial charge in [-0.25, -0.2) is 0 Å². The molecule has 0 spiro atoms. The van der Waals surface area contributed by atoms with E-state index in [1.807, 2.05) is 13.0 Å². The molecule has 4 heterocycles. The van der Waals surface area contributed by atoms with Crippen molar-refractivity contribution in [2.24, 2.45) is 0 Å². The molecule has 2 aromatic heterocycles. The Kier molecular flexibility index (Phi) is 6.76. The van der Waals surface area contributed by atoms with Crippen LogP contribution in [0.15, 0.2) is 42.6 Å². The Balaban J connectivity index is 1.42. The number of aliphatic hydroxyl groups is 1. The zero-order valence-electron chi connectivity index (χ0n) is 19.9. The van der Waals surface area contributed by atoms with E-state index < -0.39 is 12.2 Å². The van der Waals surface area contributed by atoms with E-state index in [0.29, 0.717) is 49.4 Å². The molecule has 10 nitrogen and oxygen atoms in total. The van der Waals surface area contributed by atoms with E-state index in [4.69, 9.17) is 9.47 Å². The number of pyridine rings is 2. The maximum Gasteiger partial charge on any atom is 0.586 e. The summed E-state index contributed by atoms with van der Waals surface area (Å²) in [7, 11) is 0. The molecule has 0 atom stereocenters. The second kappa shape index (κ2) is 10.1. The summed E-state index contributed by atoms with van der Waals surface area (Å²) in [5.74, 6) is 0.143. The largest absolute Gasteiger partial charge is 0.586 e. The van der Waals surface area contributed by atoms with Crippen LogP contribution in [0.25, 0.3) is 11.1 Å². The van der Waals surface area contributed by atoms with Crippen LogP contribution in [0.1, 0.15) is 16.1 Å². The number of amides is 1. The molecule has 2 N–H and O–H groups in total. The lowest BCUT2D eigenvalue weighted by molar-refractivity contribution is -0.286. The molecule has 0 unspecified atom stereocenters. The number of fused-ring (bicyclic) bond motifs is 1. The molecule has 0 aliphatic carbocycles. The lowest BCUT2D eigenvalue weighted by atomic mass is 10.0. The van der Waals surface area contributed by atoms with Gasteiger partial charge in [0.15, 0.2) is 11.5 Å². The van der Waals surface area contributed by atoms with Crippen molar-refractivity contribution in [2.75, 3.05) is 49.7 Å². The van der Waals surface area contributed by atoms with Gasteiger partial charge >= 0.3 is 6.29 Å². The minimum absolute atomic E-state index is 0.0911. The number of carbonyl (C=O) groups excluding carboxylic acids is 1. The summed E-state index contributed by atoms with van der Waals surface area (Å²) < 4.78 is 46.5. The Morgan fingerprint density at radius 1 is 1.16 bits per heavy atom. The van der Waals surface area contributed by atoms with Crippen LogP contribution < -0.4 is 24.4 Å². The minimum atomic E-state index is -3.77. The highest BCUT2D eigenvalue weighted by Gasteiger charge is 2.43. The lowest BCUT2D eigenvalue weighted by Crippen LogP contribution is -2.36. The van der Waals surface area contributed by atoms with Crippen LogP contribution in [0.3, 0.4) is 0 Å².